The molecule has 26 heavy (non-hydrogen) atoms. The van der Waals surface area contributed by atoms with Crippen LogP contribution in [0.15, 0.2) is 16.6 Å². The summed E-state index contributed by atoms with van der Waals surface area (Å²) in [6.45, 7) is 3.28. The van der Waals surface area contributed by atoms with Crippen LogP contribution >= 0.6 is 15.9 Å². The molecule has 0 bridgehead atoms. The number of halogens is 1. The second kappa shape index (κ2) is 8.66. The zero-order valence-electron chi connectivity index (χ0n) is 14.8. The Morgan fingerprint density at radius 3 is 2.85 bits per heavy atom. The highest BCUT2D eigenvalue weighted by Gasteiger charge is 2.28. The Hall–Kier alpha value is -1.90. The lowest BCUT2D eigenvalue weighted by molar-refractivity contribution is -0.00882. The molecule has 140 valence electrons. The summed E-state index contributed by atoms with van der Waals surface area (Å²) in [7, 11) is 1.63. The molecule has 1 N–H and O–H groups in total. The van der Waals surface area contributed by atoms with Gasteiger partial charge < -0.3 is 18.9 Å². The molecular weight excluding hydrogens is 404 g/mol. The zero-order chi connectivity index (χ0) is 18.5. The lowest BCUT2D eigenvalue weighted by Crippen LogP contribution is -2.12. The average molecular weight is 425 g/mol. The molecule has 0 spiro atoms. The maximum atomic E-state index is 12.1. The SMILES string of the molecule is CCOC(=O)c1[nH]nc2c1CCc1c-2ccc(OCOCCOC)c1Br. The largest absolute Gasteiger partial charge is 0.466 e. The molecule has 1 aliphatic carbocycles. The van der Waals surface area contributed by atoms with Crippen molar-refractivity contribution in [3.63, 3.8) is 0 Å². The number of fused-ring (bicyclic) bond motifs is 3. The lowest BCUT2D eigenvalue weighted by atomic mass is 9.89. The van der Waals surface area contributed by atoms with Crippen molar-refractivity contribution in [2.45, 2.75) is 19.8 Å². The van der Waals surface area contributed by atoms with Crippen LogP contribution in [0.25, 0.3) is 11.3 Å². The fourth-order valence-corrected chi connectivity index (χ4v) is 3.60. The lowest BCUT2D eigenvalue weighted by Gasteiger charge is -2.19. The Bertz CT molecular complexity index is 790. The maximum Gasteiger partial charge on any atom is 0.356 e. The van der Waals surface area contributed by atoms with E-state index in [-0.39, 0.29) is 12.8 Å². The number of carbonyl (C=O) groups excluding carboxylic acids is 1. The molecule has 8 heteroatoms. The summed E-state index contributed by atoms with van der Waals surface area (Å²) in [6, 6.07) is 3.83. The number of nitrogens with zero attached hydrogens (tertiary/aromatic N) is 1. The van der Waals surface area contributed by atoms with Gasteiger partial charge in [-0.2, -0.15) is 5.10 Å². The molecular formula is C18H21BrN2O5. The summed E-state index contributed by atoms with van der Waals surface area (Å²) in [5, 5.41) is 7.17. The third-order valence-electron chi connectivity index (χ3n) is 4.16. The first-order valence-electron chi connectivity index (χ1n) is 8.43. The number of methoxy groups -OCH3 is 1. The van der Waals surface area contributed by atoms with Crippen LogP contribution in [-0.2, 0) is 27.1 Å². The van der Waals surface area contributed by atoms with E-state index in [2.05, 4.69) is 26.1 Å². The van der Waals surface area contributed by atoms with Gasteiger partial charge in [-0.3, -0.25) is 5.10 Å². The van der Waals surface area contributed by atoms with Crippen molar-refractivity contribution >= 4 is 21.9 Å². The fraction of sp³-hybridized carbons (Fsp3) is 0.444. The number of nitrogens with one attached hydrogen (secondary N) is 1. The third-order valence-corrected chi connectivity index (χ3v) is 5.03. The van der Waals surface area contributed by atoms with Gasteiger partial charge in [0.05, 0.1) is 30.0 Å². The van der Waals surface area contributed by atoms with Gasteiger partial charge in [-0.05, 0) is 53.4 Å². The van der Waals surface area contributed by atoms with Crippen molar-refractivity contribution in [2.24, 2.45) is 0 Å². The standard InChI is InChI=1S/C18H21BrN2O5/c1-3-25-18(22)17-13-5-4-11-12(16(13)20-21-17)6-7-14(15(11)19)26-10-24-9-8-23-2/h6-7H,3-5,8-10H2,1-2H3,(H,20,21). The van der Waals surface area contributed by atoms with Crippen LogP contribution in [0.4, 0.5) is 0 Å². The van der Waals surface area contributed by atoms with E-state index < -0.39 is 0 Å². The van der Waals surface area contributed by atoms with E-state index >= 15 is 0 Å². The summed E-state index contributed by atoms with van der Waals surface area (Å²) in [6.07, 6.45) is 1.48. The fourth-order valence-electron chi connectivity index (χ4n) is 2.94. The Balaban J connectivity index is 1.79. The van der Waals surface area contributed by atoms with Crippen molar-refractivity contribution in [3.05, 3.63) is 33.4 Å². The number of carbonyl (C=O) groups is 1. The van der Waals surface area contributed by atoms with Crippen LogP contribution in [0, 0.1) is 0 Å². The number of aromatic amines is 1. The molecule has 0 saturated heterocycles. The second-order valence-electron chi connectivity index (χ2n) is 5.71. The molecule has 1 heterocycles. The van der Waals surface area contributed by atoms with E-state index in [1.165, 1.54) is 0 Å². The van der Waals surface area contributed by atoms with Crippen LogP contribution < -0.4 is 4.74 Å². The van der Waals surface area contributed by atoms with Crippen molar-refractivity contribution in [2.75, 3.05) is 33.7 Å². The Labute approximate surface area is 160 Å². The summed E-state index contributed by atoms with van der Waals surface area (Å²) < 4.78 is 21.9. The number of benzene rings is 1. The molecule has 0 atom stereocenters. The van der Waals surface area contributed by atoms with Crippen LogP contribution in [0.3, 0.4) is 0 Å². The topological polar surface area (TPSA) is 82.7 Å². The van der Waals surface area contributed by atoms with E-state index in [0.717, 1.165) is 33.3 Å². The number of hydrogen-bond donors (Lipinski definition) is 1. The summed E-state index contributed by atoms with van der Waals surface area (Å²) in [5.74, 6) is 0.350. The molecule has 0 amide bonds. The highest BCUT2D eigenvalue weighted by Crippen LogP contribution is 2.41. The molecule has 0 radical (unpaired) electrons. The number of aromatic nitrogens is 2. The van der Waals surface area contributed by atoms with Crippen molar-refractivity contribution in [1.29, 1.82) is 0 Å². The second-order valence-corrected chi connectivity index (χ2v) is 6.51. The maximum absolute atomic E-state index is 12.1. The van der Waals surface area contributed by atoms with Crippen LogP contribution in [0.1, 0.15) is 28.5 Å². The highest BCUT2D eigenvalue weighted by molar-refractivity contribution is 9.10. The quantitative estimate of drug-likeness (QED) is 0.398. The van der Waals surface area contributed by atoms with Crippen molar-refractivity contribution < 1.29 is 23.7 Å². The van der Waals surface area contributed by atoms with Gasteiger partial charge >= 0.3 is 5.97 Å². The monoisotopic (exact) mass is 424 g/mol. The highest BCUT2D eigenvalue weighted by atomic mass is 79.9. The molecule has 0 fully saturated rings. The summed E-state index contributed by atoms with van der Waals surface area (Å²) in [4.78, 5) is 12.1. The van der Waals surface area contributed by atoms with E-state index in [4.69, 9.17) is 18.9 Å². The zero-order valence-corrected chi connectivity index (χ0v) is 16.3. The molecule has 0 aliphatic heterocycles. The van der Waals surface area contributed by atoms with E-state index in [1.54, 1.807) is 14.0 Å². The van der Waals surface area contributed by atoms with Gasteiger partial charge in [-0.25, -0.2) is 4.79 Å². The average Bonchev–Trinajstić information content (AvgIpc) is 3.08. The number of ether oxygens (including phenoxy) is 4. The smallest absolute Gasteiger partial charge is 0.356 e. The first kappa shape index (κ1) is 18.9. The minimum Gasteiger partial charge on any atom is -0.466 e. The number of esters is 1. The van der Waals surface area contributed by atoms with Gasteiger partial charge in [0.2, 0.25) is 0 Å². The summed E-state index contributed by atoms with van der Waals surface area (Å²) in [5.41, 5.74) is 4.22. The molecule has 0 unspecified atom stereocenters. The molecule has 1 aromatic heterocycles. The Morgan fingerprint density at radius 2 is 2.08 bits per heavy atom. The molecule has 0 saturated carbocycles. The first-order valence-corrected chi connectivity index (χ1v) is 9.22. The van der Waals surface area contributed by atoms with Crippen LogP contribution in [-0.4, -0.2) is 49.9 Å². The van der Waals surface area contributed by atoms with E-state index in [9.17, 15) is 4.79 Å². The number of hydrogen-bond acceptors (Lipinski definition) is 6. The molecule has 7 nitrogen and oxygen atoms in total. The number of rotatable bonds is 8. The molecule has 1 aliphatic rings. The number of H-pyrrole nitrogens is 1. The molecule has 1 aromatic carbocycles. The van der Waals surface area contributed by atoms with Gasteiger partial charge in [0, 0.05) is 18.2 Å². The minimum atomic E-state index is -0.364. The van der Waals surface area contributed by atoms with E-state index in [0.29, 0.717) is 37.7 Å². The summed E-state index contributed by atoms with van der Waals surface area (Å²) >= 11 is 3.63. The van der Waals surface area contributed by atoms with Gasteiger partial charge in [-0.15, -0.1) is 0 Å². The van der Waals surface area contributed by atoms with E-state index in [1.807, 2.05) is 12.1 Å². The van der Waals surface area contributed by atoms with Gasteiger partial charge in [0.1, 0.15) is 11.4 Å². The van der Waals surface area contributed by atoms with Gasteiger partial charge in [0.15, 0.2) is 6.79 Å². The Kier molecular flexibility index (Phi) is 6.29. The van der Waals surface area contributed by atoms with Gasteiger partial charge in [0.25, 0.3) is 0 Å². The molecule has 2 aromatic rings. The molecule has 3 rings (SSSR count). The minimum absolute atomic E-state index is 0.154. The van der Waals surface area contributed by atoms with Gasteiger partial charge in [-0.1, -0.05) is 0 Å². The van der Waals surface area contributed by atoms with Crippen LogP contribution in [0.2, 0.25) is 0 Å². The first-order chi connectivity index (χ1) is 12.7. The van der Waals surface area contributed by atoms with Crippen molar-refractivity contribution in [1.82, 2.24) is 10.2 Å². The Morgan fingerprint density at radius 1 is 1.27 bits per heavy atom. The van der Waals surface area contributed by atoms with Crippen molar-refractivity contribution in [3.8, 4) is 17.0 Å². The predicted octanol–water partition coefficient (Wildman–Crippen LogP) is 3.11. The predicted molar refractivity (Wildman–Crippen MR) is 98.4 cm³/mol. The van der Waals surface area contributed by atoms with Crippen LogP contribution in [0.5, 0.6) is 5.75 Å². The third kappa shape index (κ3) is 3.77. The normalized spacial score (nSPS) is 12.4.